The van der Waals surface area contributed by atoms with Crippen LogP contribution in [0.1, 0.15) is 26.2 Å². The van der Waals surface area contributed by atoms with Gasteiger partial charge in [0.25, 0.3) is 0 Å². The maximum atomic E-state index is 9.28. The van der Waals surface area contributed by atoms with Crippen LogP contribution in [0.25, 0.3) is 11.2 Å². The molecule has 0 aliphatic heterocycles. The van der Waals surface area contributed by atoms with Gasteiger partial charge in [-0.2, -0.15) is 9.97 Å². The molecule has 20 heavy (non-hydrogen) atoms. The van der Waals surface area contributed by atoms with Crippen LogP contribution in [0.15, 0.2) is 6.33 Å². The number of H-pyrrole nitrogens is 1. The van der Waals surface area contributed by atoms with Gasteiger partial charge in [-0.15, -0.1) is 0 Å². The lowest BCUT2D eigenvalue weighted by atomic mass is 10.4. The summed E-state index contributed by atoms with van der Waals surface area (Å²) in [7, 11) is 0. The zero-order valence-corrected chi connectivity index (χ0v) is 11.6. The Balaban J connectivity index is 1.99. The summed E-state index contributed by atoms with van der Waals surface area (Å²) in [6, 6.07) is 0.475. The van der Waals surface area contributed by atoms with Crippen molar-refractivity contribution >= 4 is 22.9 Å². The Hall–Kier alpha value is -1.89. The predicted octanol–water partition coefficient (Wildman–Crippen LogP) is 1.14. The number of imidazole rings is 1. The van der Waals surface area contributed by atoms with Gasteiger partial charge in [0.2, 0.25) is 5.95 Å². The molecule has 7 nitrogen and oxygen atoms in total. The van der Waals surface area contributed by atoms with Crippen molar-refractivity contribution < 1.29 is 5.11 Å². The van der Waals surface area contributed by atoms with E-state index in [0.717, 1.165) is 37.1 Å². The third-order valence-corrected chi connectivity index (χ3v) is 3.40. The van der Waals surface area contributed by atoms with E-state index >= 15 is 0 Å². The summed E-state index contributed by atoms with van der Waals surface area (Å²) >= 11 is 0. The molecule has 2 heterocycles. The van der Waals surface area contributed by atoms with Gasteiger partial charge in [-0.3, -0.25) is 0 Å². The molecule has 0 atom stereocenters. The number of nitrogens with zero attached hydrogens (tertiary/aromatic N) is 4. The Morgan fingerprint density at radius 3 is 3.00 bits per heavy atom. The van der Waals surface area contributed by atoms with Crippen LogP contribution in [0.3, 0.4) is 0 Å². The number of aromatic nitrogens is 4. The molecule has 0 bridgehead atoms. The summed E-state index contributed by atoms with van der Waals surface area (Å²) in [5.74, 6) is 1.44. The topological polar surface area (TPSA) is 90.0 Å². The predicted molar refractivity (Wildman–Crippen MR) is 77.9 cm³/mol. The Morgan fingerprint density at radius 1 is 1.45 bits per heavy atom. The number of nitrogens with one attached hydrogen (secondary N) is 2. The molecular formula is C13H20N6O. The normalized spacial score (nSPS) is 14.7. The first kappa shape index (κ1) is 13.1. The van der Waals surface area contributed by atoms with Crippen molar-refractivity contribution in [3.63, 3.8) is 0 Å². The zero-order valence-electron chi connectivity index (χ0n) is 11.6. The molecule has 7 heteroatoms. The fourth-order valence-electron chi connectivity index (χ4n) is 2.30. The van der Waals surface area contributed by atoms with Crippen LogP contribution < -0.4 is 10.2 Å². The molecule has 108 valence electrons. The van der Waals surface area contributed by atoms with E-state index in [-0.39, 0.29) is 6.61 Å². The minimum absolute atomic E-state index is 0.119. The van der Waals surface area contributed by atoms with Gasteiger partial charge in [-0.05, 0) is 19.3 Å². The molecular weight excluding hydrogens is 256 g/mol. The Labute approximate surface area is 117 Å². The van der Waals surface area contributed by atoms with Crippen molar-refractivity contribution in [2.45, 2.75) is 32.2 Å². The smallest absolute Gasteiger partial charge is 0.226 e. The first-order valence-corrected chi connectivity index (χ1v) is 7.16. The first-order valence-electron chi connectivity index (χ1n) is 7.16. The third kappa shape index (κ3) is 2.53. The molecule has 0 saturated heterocycles. The van der Waals surface area contributed by atoms with Crippen molar-refractivity contribution in [1.29, 1.82) is 0 Å². The van der Waals surface area contributed by atoms with Crippen LogP contribution in [0.5, 0.6) is 0 Å². The molecule has 1 aliphatic rings. The van der Waals surface area contributed by atoms with Crippen LogP contribution in [0, 0.1) is 0 Å². The van der Waals surface area contributed by atoms with Crippen LogP contribution in [-0.2, 0) is 0 Å². The molecule has 0 spiro atoms. The molecule has 0 aromatic carbocycles. The molecule has 1 aliphatic carbocycles. The van der Waals surface area contributed by atoms with Crippen LogP contribution in [0.4, 0.5) is 11.8 Å². The number of aliphatic hydroxyl groups excluding tert-OH is 1. The lowest BCUT2D eigenvalue weighted by Crippen LogP contribution is -2.30. The molecule has 2 aromatic heterocycles. The number of aliphatic hydroxyl groups is 1. The maximum Gasteiger partial charge on any atom is 0.226 e. The molecule has 0 radical (unpaired) electrons. The highest BCUT2D eigenvalue weighted by Gasteiger charge is 2.31. The first-order chi connectivity index (χ1) is 9.83. The minimum atomic E-state index is 0.119. The average molecular weight is 276 g/mol. The van der Waals surface area contributed by atoms with Crippen LogP contribution in [0.2, 0.25) is 0 Å². The Morgan fingerprint density at radius 2 is 2.30 bits per heavy atom. The number of rotatable bonds is 7. The van der Waals surface area contributed by atoms with E-state index in [0.29, 0.717) is 24.2 Å². The fourth-order valence-corrected chi connectivity index (χ4v) is 2.30. The highest BCUT2D eigenvalue weighted by molar-refractivity contribution is 5.84. The molecule has 1 fully saturated rings. The van der Waals surface area contributed by atoms with Crippen LogP contribution in [-0.4, -0.2) is 50.8 Å². The summed E-state index contributed by atoms with van der Waals surface area (Å²) in [6.45, 7) is 3.64. The van der Waals surface area contributed by atoms with Gasteiger partial charge in [-0.25, -0.2) is 4.98 Å². The second kappa shape index (κ2) is 5.62. The number of hydrogen-bond acceptors (Lipinski definition) is 6. The van der Waals surface area contributed by atoms with Gasteiger partial charge in [0.05, 0.1) is 12.9 Å². The van der Waals surface area contributed by atoms with Crippen molar-refractivity contribution in [3.8, 4) is 0 Å². The van der Waals surface area contributed by atoms with Gasteiger partial charge < -0.3 is 20.3 Å². The average Bonchev–Trinajstić information content (AvgIpc) is 3.19. The number of anilines is 2. The van der Waals surface area contributed by atoms with Crippen LogP contribution >= 0.6 is 0 Å². The van der Waals surface area contributed by atoms with E-state index in [9.17, 15) is 5.11 Å². The van der Waals surface area contributed by atoms with Gasteiger partial charge >= 0.3 is 0 Å². The molecule has 3 N–H and O–H groups in total. The molecule has 3 rings (SSSR count). The molecule has 0 unspecified atom stereocenters. The van der Waals surface area contributed by atoms with Gasteiger partial charge in [0, 0.05) is 19.1 Å². The third-order valence-electron chi connectivity index (χ3n) is 3.40. The lowest BCUT2D eigenvalue weighted by Gasteiger charge is -2.23. The zero-order chi connectivity index (χ0) is 13.9. The molecule has 1 saturated carbocycles. The van der Waals surface area contributed by atoms with Gasteiger partial charge in [0.1, 0.15) is 5.52 Å². The second-order valence-corrected chi connectivity index (χ2v) is 5.05. The van der Waals surface area contributed by atoms with Gasteiger partial charge in [0.15, 0.2) is 11.5 Å². The van der Waals surface area contributed by atoms with Crippen molar-refractivity contribution in [2.24, 2.45) is 0 Å². The largest absolute Gasteiger partial charge is 0.395 e. The van der Waals surface area contributed by atoms with E-state index in [1.165, 1.54) is 0 Å². The monoisotopic (exact) mass is 276 g/mol. The summed E-state index contributed by atoms with van der Waals surface area (Å²) < 4.78 is 0. The lowest BCUT2D eigenvalue weighted by molar-refractivity contribution is 0.301. The summed E-state index contributed by atoms with van der Waals surface area (Å²) in [5.41, 5.74) is 1.50. The van der Waals surface area contributed by atoms with Crippen molar-refractivity contribution in [3.05, 3.63) is 6.33 Å². The maximum absolute atomic E-state index is 9.28. The van der Waals surface area contributed by atoms with E-state index < -0.39 is 0 Å². The van der Waals surface area contributed by atoms with E-state index in [1.807, 2.05) is 0 Å². The Kier molecular flexibility index (Phi) is 3.68. The summed E-state index contributed by atoms with van der Waals surface area (Å²) in [5, 5.41) is 12.5. The SMILES string of the molecule is CCCNc1nc(N(CCO)C2CC2)c2[nH]cnc2n1. The highest BCUT2D eigenvalue weighted by Crippen LogP contribution is 2.33. The summed E-state index contributed by atoms with van der Waals surface area (Å²) in [6.07, 6.45) is 4.95. The molecule has 0 amide bonds. The van der Waals surface area contributed by atoms with Crippen molar-refractivity contribution in [2.75, 3.05) is 29.9 Å². The fraction of sp³-hybridized carbons (Fsp3) is 0.615. The number of fused-ring (bicyclic) bond motifs is 1. The van der Waals surface area contributed by atoms with Crippen molar-refractivity contribution in [1.82, 2.24) is 19.9 Å². The standard InChI is InChI=1S/C13H20N6O/c1-2-5-14-13-17-11-10(15-8-16-11)12(18-13)19(6-7-20)9-3-4-9/h8-9,20H,2-7H2,1H3,(H2,14,15,16,17,18). The Bertz CT molecular complexity index is 579. The van der Waals surface area contributed by atoms with Gasteiger partial charge in [-0.1, -0.05) is 6.92 Å². The second-order valence-electron chi connectivity index (χ2n) is 5.05. The summed E-state index contributed by atoms with van der Waals surface area (Å²) in [4.78, 5) is 18.5. The quantitative estimate of drug-likeness (QED) is 0.702. The highest BCUT2D eigenvalue weighted by atomic mass is 16.3. The molecule has 2 aromatic rings. The minimum Gasteiger partial charge on any atom is -0.395 e. The van der Waals surface area contributed by atoms with E-state index in [1.54, 1.807) is 6.33 Å². The number of hydrogen-bond donors (Lipinski definition) is 3. The van der Waals surface area contributed by atoms with E-state index in [4.69, 9.17) is 0 Å². The van der Waals surface area contributed by atoms with E-state index in [2.05, 4.69) is 37.1 Å². The number of aromatic amines is 1.